The van der Waals surface area contributed by atoms with Gasteiger partial charge in [-0.1, -0.05) is 24.6 Å². The topological polar surface area (TPSA) is 91.2 Å². The van der Waals surface area contributed by atoms with E-state index in [1.54, 1.807) is 36.4 Å². The molecule has 2 aromatic carbocycles. The third-order valence-corrected chi connectivity index (χ3v) is 6.13. The molecule has 0 aromatic heterocycles. The van der Waals surface area contributed by atoms with Gasteiger partial charge in [-0.3, -0.25) is 4.79 Å². The van der Waals surface area contributed by atoms with Gasteiger partial charge >= 0.3 is 0 Å². The van der Waals surface area contributed by atoms with Crippen LogP contribution in [0, 0.1) is 0 Å². The van der Waals surface area contributed by atoms with Crippen LogP contribution in [-0.4, -0.2) is 51.5 Å². The van der Waals surface area contributed by atoms with Crippen molar-refractivity contribution in [2.75, 3.05) is 26.3 Å². The number of ether oxygens (including phenoxy) is 1. The minimum atomic E-state index is -1.36. The van der Waals surface area contributed by atoms with Gasteiger partial charge in [0.25, 0.3) is 5.91 Å². The first-order valence-electron chi connectivity index (χ1n) is 9.20. The summed E-state index contributed by atoms with van der Waals surface area (Å²) in [5.74, 6) is -0.398. The van der Waals surface area contributed by atoms with E-state index in [0.717, 1.165) is 0 Å². The van der Waals surface area contributed by atoms with E-state index in [2.05, 4.69) is 10.5 Å². The van der Waals surface area contributed by atoms with E-state index in [9.17, 15) is 14.1 Å². The normalized spacial score (nSPS) is 16.4. The van der Waals surface area contributed by atoms with E-state index in [1.165, 1.54) is 6.07 Å². The van der Waals surface area contributed by atoms with Crippen molar-refractivity contribution in [1.29, 1.82) is 0 Å². The highest BCUT2D eigenvalue weighted by Gasteiger charge is 2.19. The molecule has 1 saturated heterocycles. The van der Waals surface area contributed by atoms with Gasteiger partial charge in [0, 0.05) is 29.2 Å². The Labute approximate surface area is 176 Å². The minimum absolute atomic E-state index is 0.0344. The molecular weight excluding hydrogens is 414 g/mol. The van der Waals surface area contributed by atoms with Crippen molar-refractivity contribution in [1.82, 2.24) is 9.73 Å². The predicted octanol–water partition coefficient (Wildman–Crippen LogP) is 2.94. The number of rotatable bonds is 6. The van der Waals surface area contributed by atoms with E-state index in [4.69, 9.17) is 16.3 Å². The van der Waals surface area contributed by atoms with Crippen LogP contribution in [0.4, 0.5) is 0 Å². The quantitative estimate of drug-likeness (QED) is 0.539. The first-order valence-corrected chi connectivity index (χ1v) is 10.7. The Morgan fingerprint density at radius 3 is 2.76 bits per heavy atom. The zero-order valence-electron chi connectivity index (χ0n) is 15.9. The molecule has 154 valence electrons. The molecule has 1 aliphatic rings. The molecule has 2 aromatic rings. The van der Waals surface area contributed by atoms with E-state index in [1.807, 2.05) is 11.2 Å². The second-order valence-corrected chi connectivity index (χ2v) is 8.26. The summed E-state index contributed by atoms with van der Waals surface area (Å²) in [6.07, 6.45) is 0.481. The summed E-state index contributed by atoms with van der Waals surface area (Å²) in [6, 6.07) is 11.3. The van der Waals surface area contributed by atoms with Crippen LogP contribution in [0.3, 0.4) is 0 Å². The molecular formula is C20H22ClN3O4S. The Bertz CT molecular complexity index is 945. The van der Waals surface area contributed by atoms with Crippen LogP contribution in [0.2, 0.25) is 5.02 Å². The molecule has 1 aliphatic heterocycles. The number of halogens is 1. The first-order chi connectivity index (χ1) is 14.0. The molecule has 0 saturated carbocycles. The average Bonchev–Trinajstić information content (AvgIpc) is 2.76. The fourth-order valence-corrected chi connectivity index (χ4v) is 4.23. The molecule has 0 aliphatic carbocycles. The monoisotopic (exact) mass is 435 g/mol. The van der Waals surface area contributed by atoms with Gasteiger partial charge in [0.15, 0.2) is 0 Å². The highest BCUT2D eigenvalue weighted by atomic mass is 35.5. The number of nitrogens with one attached hydrogen (secondary N) is 1. The van der Waals surface area contributed by atoms with Crippen LogP contribution in [0.5, 0.6) is 5.75 Å². The van der Waals surface area contributed by atoms with Crippen molar-refractivity contribution >= 4 is 34.2 Å². The number of phenolic OH excluding ortho intramolecular Hbond substituents is 1. The summed E-state index contributed by atoms with van der Waals surface area (Å²) in [4.78, 5) is 13.1. The molecule has 1 atom stereocenters. The highest BCUT2D eigenvalue weighted by molar-refractivity contribution is 7.82. The van der Waals surface area contributed by atoms with Crippen LogP contribution in [0.25, 0.3) is 0 Å². The van der Waals surface area contributed by atoms with Gasteiger partial charge in [-0.15, -0.1) is 0 Å². The summed E-state index contributed by atoms with van der Waals surface area (Å²) in [5, 5.41) is 14.7. The van der Waals surface area contributed by atoms with Crippen molar-refractivity contribution in [3.8, 4) is 5.75 Å². The van der Waals surface area contributed by atoms with E-state index < -0.39 is 16.9 Å². The average molecular weight is 436 g/mol. The minimum Gasteiger partial charge on any atom is -0.507 e. The molecule has 0 radical (unpaired) electrons. The summed E-state index contributed by atoms with van der Waals surface area (Å²) in [6.45, 7) is 4.09. The number of benzene rings is 2. The molecule has 1 fully saturated rings. The largest absolute Gasteiger partial charge is 0.507 e. The number of amides is 1. The lowest BCUT2D eigenvalue weighted by atomic mass is 10.1. The van der Waals surface area contributed by atoms with E-state index in [0.29, 0.717) is 59.5 Å². The van der Waals surface area contributed by atoms with Gasteiger partial charge in [0.05, 0.1) is 23.8 Å². The molecule has 1 heterocycles. The van der Waals surface area contributed by atoms with Gasteiger partial charge in [-0.05, 0) is 42.8 Å². The molecule has 3 rings (SSSR count). The smallest absolute Gasteiger partial charge is 0.271 e. The Morgan fingerprint density at radius 2 is 2.03 bits per heavy atom. The van der Waals surface area contributed by atoms with Gasteiger partial charge in [0.1, 0.15) is 16.7 Å². The predicted molar refractivity (Wildman–Crippen MR) is 113 cm³/mol. The summed E-state index contributed by atoms with van der Waals surface area (Å²) in [7, 11) is -1.36. The second kappa shape index (κ2) is 9.98. The van der Waals surface area contributed by atoms with Crippen molar-refractivity contribution in [2.45, 2.75) is 18.2 Å². The highest BCUT2D eigenvalue weighted by Crippen LogP contribution is 2.23. The van der Waals surface area contributed by atoms with Crippen molar-refractivity contribution in [2.24, 2.45) is 5.10 Å². The Kier molecular flexibility index (Phi) is 7.38. The molecule has 0 spiro atoms. The van der Waals surface area contributed by atoms with Gasteiger partial charge in [-0.2, -0.15) is 5.10 Å². The number of hydrazone groups is 1. The third-order valence-electron chi connectivity index (χ3n) is 4.40. The number of nitrogens with zero attached hydrogens (tertiary/aromatic N) is 2. The maximum absolute atomic E-state index is 12.7. The number of aromatic hydroxyl groups is 1. The lowest BCUT2D eigenvalue weighted by molar-refractivity contribution is 0.0752. The third kappa shape index (κ3) is 5.42. The van der Waals surface area contributed by atoms with Gasteiger partial charge in [-0.25, -0.2) is 13.9 Å². The Morgan fingerprint density at radius 1 is 1.28 bits per heavy atom. The summed E-state index contributed by atoms with van der Waals surface area (Å²) in [5.41, 5.74) is 3.80. The molecule has 9 heteroatoms. The summed E-state index contributed by atoms with van der Waals surface area (Å²) < 4.78 is 19.8. The van der Waals surface area contributed by atoms with Crippen LogP contribution in [0.1, 0.15) is 29.3 Å². The number of hydrogen-bond donors (Lipinski definition) is 2. The van der Waals surface area contributed by atoms with Crippen molar-refractivity contribution < 1.29 is 18.8 Å². The Hall–Kier alpha value is -2.26. The van der Waals surface area contributed by atoms with Crippen molar-refractivity contribution in [3.63, 3.8) is 0 Å². The van der Waals surface area contributed by atoms with Crippen LogP contribution >= 0.6 is 11.6 Å². The zero-order chi connectivity index (χ0) is 20.8. The van der Waals surface area contributed by atoms with Crippen LogP contribution in [-0.2, 0) is 15.7 Å². The molecule has 1 unspecified atom stereocenters. The van der Waals surface area contributed by atoms with Gasteiger partial charge in [0.2, 0.25) is 0 Å². The van der Waals surface area contributed by atoms with Gasteiger partial charge < -0.3 is 9.84 Å². The lowest BCUT2D eigenvalue weighted by Gasteiger charge is -2.25. The number of morpholine rings is 1. The molecule has 2 N–H and O–H groups in total. The molecule has 29 heavy (non-hydrogen) atoms. The Balaban J connectivity index is 1.75. The van der Waals surface area contributed by atoms with E-state index >= 15 is 0 Å². The number of hydrogen-bond acceptors (Lipinski definition) is 5. The fraction of sp³-hybridized carbons (Fsp3) is 0.300. The zero-order valence-corrected chi connectivity index (χ0v) is 17.5. The number of carbonyl (C=O) groups excluding carboxylic acids is 1. The van der Waals surface area contributed by atoms with Crippen molar-refractivity contribution in [3.05, 3.63) is 58.6 Å². The molecule has 7 nitrogen and oxygen atoms in total. The number of phenols is 1. The number of carbonyl (C=O) groups is 1. The maximum atomic E-state index is 12.7. The summed E-state index contributed by atoms with van der Waals surface area (Å²) >= 11 is 5.99. The second-order valence-electron chi connectivity index (χ2n) is 6.33. The lowest BCUT2D eigenvalue weighted by Crippen LogP contribution is -2.37. The molecule has 1 amide bonds. The fourth-order valence-electron chi connectivity index (χ4n) is 2.86. The SMILES string of the molecule is CC/C(=N\NC(=O)c1cccc(S(=O)N2CCOCC2)c1)c1cc(Cl)ccc1O. The van der Waals surface area contributed by atoms with Crippen LogP contribution < -0.4 is 5.43 Å². The first kappa shape index (κ1) is 21.4. The standard InChI is InChI=1S/C20H22ClN3O4S/c1-2-18(17-13-15(21)6-7-19(17)25)22-23-20(26)14-4-3-5-16(12-14)29(27)24-8-10-28-11-9-24/h3-7,12-13,25H,2,8-11H2,1H3,(H,23,26)/b22-18+. The van der Waals surface area contributed by atoms with Crippen LogP contribution in [0.15, 0.2) is 52.5 Å². The molecule has 0 bridgehead atoms. The van der Waals surface area contributed by atoms with E-state index in [-0.39, 0.29) is 5.75 Å². The maximum Gasteiger partial charge on any atom is 0.271 e.